The molecule has 1 aromatic carbocycles. The van der Waals surface area contributed by atoms with Gasteiger partial charge in [0, 0.05) is 0 Å². The summed E-state index contributed by atoms with van der Waals surface area (Å²) < 4.78 is 24.2. The van der Waals surface area contributed by atoms with Gasteiger partial charge in [0.25, 0.3) is 0 Å². The summed E-state index contributed by atoms with van der Waals surface area (Å²) in [5.41, 5.74) is 2.08. The average molecular weight is 265 g/mol. The van der Waals surface area contributed by atoms with E-state index in [4.69, 9.17) is 0 Å². The van der Waals surface area contributed by atoms with Gasteiger partial charge in [-0.15, -0.1) is 0 Å². The fourth-order valence-electron chi connectivity index (χ4n) is 3.14. The molecule has 2 aliphatic heterocycles. The minimum atomic E-state index is -3.00. The number of hydrogen-bond donors (Lipinski definition) is 1. The second kappa shape index (κ2) is 4.67. The van der Waals surface area contributed by atoms with E-state index in [0.717, 1.165) is 43.5 Å². The molecule has 98 valence electrons. The highest BCUT2D eigenvalue weighted by Gasteiger charge is 2.29. The van der Waals surface area contributed by atoms with Gasteiger partial charge in [0.2, 0.25) is 0 Å². The quantitative estimate of drug-likeness (QED) is 0.882. The fraction of sp³-hybridized carbons (Fsp3) is 0.571. The van der Waals surface area contributed by atoms with Crippen LogP contribution in [0.2, 0.25) is 0 Å². The van der Waals surface area contributed by atoms with Crippen molar-refractivity contribution in [3.63, 3.8) is 0 Å². The van der Waals surface area contributed by atoms with Gasteiger partial charge in [0.1, 0.15) is 0 Å². The Hall–Kier alpha value is -0.870. The SMILES string of the molecule is O=S1(=O)CCc2cccc(CC3CCNCC3)c21. The van der Waals surface area contributed by atoms with Gasteiger partial charge < -0.3 is 5.32 Å². The highest BCUT2D eigenvalue weighted by molar-refractivity contribution is 7.91. The summed E-state index contributed by atoms with van der Waals surface area (Å²) in [6.45, 7) is 2.12. The van der Waals surface area contributed by atoms with Gasteiger partial charge >= 0.3 is 0 Å². The number of nitrogens with one attached hydrogen (secondary N) is 1. The number of piperidine rings is 1. The average Bonchev–Trinajstić information content (AvgIpc) is 2.68. The molecule has 1 N–H and O–H groups in total. The molecule has 0 amide bonds. The Morgan fingerprint density at radius 3 is 2.78 bits per heavy atom. The Morgan fingerprint density at radius 1 is 1.22 bits per heavy atom. The summed E-state index contributed by atoms with van der Waals surface area (Å²) >= 11 is 0. The Morgan fingerprint density at radius 2 is 2.00 bits per heavy atom. The molecular weight excluding hydrogens is 246 g/mol. The lowest BCUT2D eigenvalue weighted by atomic mass is 9.90. The van der Waals surface area contributed by atoms with Gasteiger partial charge in [-0.2, -0.15) is 0 Å². The zero-order valence-corrected chi connectivity index (χ0v) is 11.3. The topological polar surface area (TPSA) is 46.2 Å². The Balaban J connectivity index is 1.91. The Kier molecular flexibility index (Phi) is 3.16. The van der Waals surface area contributed by atoms with Crippen molar-refractivity contribution in [3.05, 3.63) is 29.3 Å². The maximum atomic E-state index is 12.1. The van der Waals surface area contributed by atoms with Crippen molar-refractivity contribution in [1.82, 2.24) is 5.32 Å². The summed E-state index contributed by atoms with van der Waals surface area (Å²) in [5, 5.41) is 3.35. The lowest BCUT2D eigenvalue weighted by Gasteiger charge is -2.23. The first-order valence-electron chi connectivity index (χ1n) is 6.71. The summed E-state index contributed by atoms with van der Waals surface area (Å²) in [4.78, 5) is 0.656. The van der Waals surface area contributed by atoms with Crippen molar-refractivity contribution < 1.29 is 8.42 Å². The van der Waals surface area contributed by atoms with E-state index < -0.39 is 9.84 Å². The van der Waals surface area contributed by atoms with Crippen LogP contribution in [0.3, 0.4) is 0 Å². The number of hydrogen-bond acceptors (Lipinski definition) is 3. The van der Waals surface area contributed by atoms with Crippen LogP contribution in [0.15, 0.2) is 23.1 Å². The highest BCUT2D eigenvalue weighted by Crippen LogP contribution is 2.31. The van der Waals surface area contributed by atoms with Crippen LogP contribution in [-0.2, 0) is 22.7 Å². The van der Waals surface area contributed by atoms with Gasteiger partial charge in [0.05, 0.1) is 10.6 Å². The number of sulfone groups is 1. The normalized spacial score (nSPS) is 22.9. The number of rotatable bonds is 2. The van der Waals surface area contributed by atoms with E-state index in [-0.39, 0.29) is 0 Å². The molecule has 18 heavy (non-hydrogen) atoms. The molecule has 0 aliphatic carbocycles. The molecule has 1 saturated heterocycles. The van der Waals surface area contributed by atoms with Gasteiger partial charge in [-0.1, -0.05) is 18.2 Å². The van der Waals surface area contributed by atoms with Crippen LogP contribution < -0.4 is 5.32 Å². The van der Waals surface area contributed by atoms with Crippen LogP contribution in [0.1, 0.15) is 24.0 Å². The summed E-state index contributed by atoms with van der Waals surface area (Å²) in [5.74, 6) is 0.930. The monoisotopic (exact) mass is 265 g/mol. The maximum absolute atomic E-state index is 12.1. The highest BCUT2D eigenvalue weighted by atomic mass is 32.2. The molecule has 2 heterocycles. The van der Waals surface area contributed by atoms with Crippen molar-refractivity contribution in [3.8, 4) is 0 Å². The molecule has 0 radical (unpaired) electrons. The lowest BCUT2D eigenvalue weighted by molar-refractivity contribution is 0.371. The first-order chi connectivity index (χ1) is 8.67. The predicted molar refractivity (Wildman–Crippen MR) is 71.5 cm³/mol. The molecule has 1 fully saturated rings. The van der Waals surface area contributed by atoms with Crippen LogP contribution in [0.4, 0.5) is 0 Å². The van der Waals surface area contributed by atoms with Gasteiger partial charge in [0.15, 0.2) is 9.84 Å². The van der Waals surface area contributed by atoms with Crippen molar-refractivity contribution in [2.24, 2.45) is 5.92 Å². The predicted octanol–water partition coefficient (Wildman–Crippen LogP) is 1.56. The fourth-order valence-corrected chi connectivity index (χ4v) is 4.95. The standard InChI is InChI=1S/C14H19NO2S/c16-18(17)9-6-12-2-1-3-13(14(12)18)10-11-4-7-15-8-5-11/h1-3,11,15H,4-10H2. The number of benzene rings is 1. The summed E-state index contributed by atoms with van der Waals surface area (Å²) in [7, 11) is -3.00. The third-order valence-electron chi connectivity index (χ3n) is 4.10. The van der Waals surface area contributed by atoms with Gasteiger partial charge in [-0.25, -0.2) is 8.42 Å². The largest absolute Gasteiger partial charge is 0.317 e. The van der Waals surface area contributed by atoms with E-state index in [9.17, 15) is 8.42 Å². The minimum absolute atomic E-state index is 0.297. The lowest BCUT2D eigenvalue weighted by Crippen LogP contribution is -2.28. The third-order valence-corrected chi connectivity index (χ3v) is 5.98. The van der Waals surface area contributed by atoms with Crippen LogP contribution in [0.25, 0.3) is 0 Å². The van der Waals surface area contributed by atoms with Crippen molar-refractivity contribution in [2.45, 2.75) is 30.6 Å². The van der Waals surface area contributed by atoms with Crippen molar-refractivity contribution >= 4 is 9.84 Å². The van der Waals surface area contributed by atoms with Crippen LogP contribution in [0.5, 0.6) is 0 Å². The zero-order valence-electron chi connectivity index (χ0n) is 10.5. The van der Waals surface area contributed by atoms with E-state index in [0.29, 0.717) is 23.0 Å². The van der Waals surface area contributed by atoms with E-state index in [1.807, 2.05) is 18.2 Å². The molecule has 1 aromatic rings. The zero-order chi connectivity index (χ0) is 12.6. The molecule has 0 bridgehead atoms. The Labute approximate surface area is 109 Å². The molecule has 3 nitrogen and oxygen atoms in total. The van der Waals surface area contributed by atoms with E-state index in [1.165, 1.54) is 0 Å². The minimum Gasteiger partial charge on any atom is -0.317 e. The third kappa shape index (κ3) is 2.19. The molecule has 0 unspecified atom stereocenters. The molecular formula is C14H19NO2S. The van der Waals surface area contributed by atoms with Crippen molar-refractivity contribution in [2.75, 3.05) is 18.8 Å². The van der Waals surface area contributed by atoms with Crippen LogP contribution in [0, 0.1) is 5.92 Å². The molecule has 0 spiro atoms. The Bertz CT molecular complexity index is 545. The van der Waals surface area contributed by atoms with Crippen molar-refractivity contribution in [1.29, 1.82) is 0 Å². The smallest absolute Gasteiger partial charge is 0.179 e. The molecule has 2 aliphatic rings. The number of fused-ring (bicyclic) bond motifs is 1. The first-order valence-corrected chi connectivity index (χ1v) is 8.36. The van der Waals surface area contributed by atoms with E-state index in [2.05, 4.69) is 5.32 Å². The summed E-state index contributed by atoms with van der Waals surface area (Å²) in [6.07, 6.45) is 3.93. The molecule has 4 heteroatoms. The second-order valence-corrected chi connectivity index (χ2v) is 7.42. The number of aryl methyl sites for hydroxylation is 1. The first kappa shape index (κ1) is 12.2. The van der Waals surface area contributed by atoms with E-state index in [1.54, 1.807) is 0 Å². The molecule has 0 saturated carbocycles. The van der Waals surface area contributed by atoms with Crippen LogP contribution in [-0.4, -0.2) is 27.3 Å². The van der Waals surface area contributed by atoms with Crippen LogP contribution >= 0.6 is 0 Å². The molecule has 3 rings (SSSR count). The van der Waals surface area contributed by atoms with Gasteiger partial charge in [-0.3, -0.25) is 0 Å². The summed E-state index contributed by atoms with van der Waals surface area (Å²) in [6, 6.07) is 5.98. The molecule has 0 atom stereocenters. The van der Waals surface area contributed by atoms with Gasteiger partial charge in [-0.05, 0) is 55.8 Å². The van der Waals surface area contributed by atoms with E-state index >= 15 is 0 Å². The second-order valence-electron chi connectivity index (χ2n) is 5.37. The maximum Gasteiger partial charge on any atom is 0.179 e. The molecule has 0 aromatic heterocycles.